The lowest BCUT2D eigenvalue weighted by Crippen LogP contribution is -2.13. The maximum absolute atomic E-state index is 4.98. The third-order valence-corrected chi connectivity index (χ3v) is 2.19. The Morgan fingerprint density at radius 1 is 1.27 bits per heavy atom. The van der Waals surface area contributed by atoms with Crippen molar-refractivity contribution in [3.05, 3.63) is 53.7 Å². The van der Waals surface area contributed by atoms with Crippen molar-refractivity contribution >= 4 is 0 Å². The molecule has 0 aromatic carbocycles. The fourth-order valence-corrected chi connectivity index (χ4v) is 1.33. The van der Waals surface area contributed by atoms with Crippen molar-refractivity contribution < 1.29 is 4.42 Å². The number of nitrogens with one attached hydrogen (secondary N) is 1. The predicted octanol–water partition coefficient (Wildman–Crippen LogP) is 2.27. The van der Waals surface area contributed by atoms with E-state index in [1.54, 1.807) is 12.5 Å². The number of aromatic nitrogens is 1. The predicted molar refractivity (Wildman–Crippen MR) is 58.2 cm³/mol. The Morgan fingerprint density at radius 2 is 2.20 bits per heavy atom. The minimum atomic E-state index is 0.783. The largest absolute Gasteiger partial charge is 0.472 e. The minimum Gasteiger partial charge on any atom is -0.472 e. The van der Waals surface area contributed by atoms with Crippen molar-refractivity contribution in [3.8, 4) is 0 Å². The van der Waals surface area contributed by atoms with E-state index in [2.05, 4.69) is 16.4 Å². The number of hydrogen-bond acceptors (Lipinski definition) is 3. The molecule has 0 amide bonds. The molecule has 0 atom stereocenters. The lowest BCUT2D eigenvalue weighted by Gasteiger charge is -2.02. The van der Waals surface area contributed by atoms with Gasteiger partial charge in [0.05, 0.1) is 18.2 Å². The van der Waals surface area contributed by atoms with Crippen LogP contribution in [-0.2, 0) is 13.1 Å². The van der Waals surface area contributed by atoms with Crippen LogP contribution >= 0.6 is 0 Å². The standard InChI is InChI=1S/C12H14N2O/c1-10-2-3-12(14-6-10)8-13-7-11-4-5-15-9-11/h2-6,9,13H,7-8H2,1H3. The first-order valence-corrected chi connectivity index (χ1v) is 4.98. The Bertz CT molecular complexity index is 392. The highest BCUT2D eigenvalue weighted by atomic mass is 16.3. The van der Waals surface area contributed by atoms with Gasteiger partial charge in [0.1, 0.15) is 0 Å². The molecule has 2 heterocycles. The van der Waals surface area contributed by atoms with Gasteiger partial charge in [-0.25, -0.2) is 0 Å². The molecular weight excluding hydrogens is 188 g/mol. The molecule has 3 heteroatoms. The van der Waals surface area contributed by atoms with E-state index in [9.17, 15) is 0 Å². The van der Waals surface area contributed by atoms with Crippen LogP contribution in [0.5, 0.6) is 0 Å². The van der Waals surface area contributed by atoms with E-state index in [1.807, 2.05) is 25.3 Å². The van der Waals surface area contributed by atoms with E-state index in [4.69, 9.17) is 4.42 Å². The Morgan fingerprint density at radius 3 is 2.87 bits per heavy atom. The van der Waals surface area contributed by atoms with E-state index in [0.717, 1.165) is 24.3 Å². The lowest BCUT2D eigenvalue weighted by molar-refractivity contribution is 0.560. The molecule has 0 aliphatic carbocycles. The van der Waals surface area contributed by atoms with Crippen LogP contribution in [0.15, 0.2) is 41.3 Å². The molecule has 0 fully saturated rings. The summed E-state index contributed by atoms with van der Waals surface area (Å²) in [5.41, 5.74) is 3.40. The second kappa shape index (κ2) is 4.75. The van der Waals surface area contributed by atoms with E-state index in [0.29, 0.717) is 0 Å². The minimum absolute atomic E-state index is 0.783. The van der Waals surface area contributed by atoms with Gasteiger partial charge in [-0.3, -0.25) is 4.98 Å². The van der Waals surface area contributed by atoms with Crippen LogP contribution < -0.4 is 5.32 Å². The molecular formula is C12H14N2O. The summed E-state index contributed by atoms with van der Waals surface area (Å²) in [6, 6.07) is 6.06. The maximum Gasteiger partial charge on any atom is 0.0947 e. The Kier molecular flexibility index (Phi) is 3.15. The van der Waals surface area contributed by atoms with Crippen LogP contribution in [0, 0.1) is 6.92 Å². The van der Waals surface area contributed by atoms with Crippen LogP contribution in [0.1, 0.15) is 16.8 Å². The molecule has 1 N–H and O–H groups in total. The molecule has 0 spiro atoms. The third kappa shape index (κ3) is 2.92. The Labute approximate surface area is 89.1 Å². The quantitative estimate of drug-likeness (QED) is 0.826. The van der Waals surface area contributed by atoms with Crippen LogP contribution in [0.4, 0.5) is 0 Å². The number of aryl methyl sites for hydroxylation is 1. The van der Waals surface area contributed by atoms with Crippen LogP contribution in [-0.4, -0.2) is 4.98 Å². The van der Waals surface area contributed by atoms with E-state index in [-0.39, 0.29) is 0 Å². The normalized spacial score (nSPS) is 10.5. The summed E-state index contributed by atoms with van der Waals surface area (Å²) in [5.74, 6) is 0. The summed E-state index contributed by atoms with van der Waals surface area (Å²) in [5, 5.41) is 3.30. The Balaban J connectivity index is 1.81. The van der Waals surface area contributed by atoms with Gasteiger partial charge >= 0.3 is 0 Å². The molecule has 2 aromatic rings. The summed E-state index contributed by atoms with van der Waals surface area (Å²) < 4.78 is 4.98. The molecule has 0 unspecified atom stereocenters. The van der Waals surface area contributed by atoms with Gasteiger partial charge in [0, 0.05) is 24.8 Å². The molecule has 3 nitrogen and oxygen atoms in total. The number of pyridine rings is 1. The van der Waals surface area contributed by atoms with Crippen molar-refractivity contribution in [2.24, 2.45) is 0 Å². The van der Waals surface area contributed by atoms with Crippen molar-refractivity contribution in [2.45, 2.75) is 20.0 Å². The van der Waals surface area contributed by atoms with E-state index < -0.39 is 0 Å². The highest BCUT2D eigenvalue weighted by Crippen LogP contribution is 2.01. The molecule has 78 valence electrons. The molecule has 15 heavy (non-hydrogen) atoms. The smallest absolute Gasteiger partial charge is 0.0947 e. The Hall–Kier alpha value is -1.61. The van der Waals surface area contributed by atoms with Gasteiger partial charge < -0.3 is 9.73 Å². The number of nitrogens with zero attached hydrogens (tertiary/aromatic N) is 1. The average molecular weight is 202 g/mol. The molecule has 2 aromatic heterocycles. The van der Waals surface area contributed by atoms with Crippen molar-refractivity contribution in [1.29, 1.82) is 0 Å². The maximum atomic E-state index is 4.98. The molecule has 0 radical (unpaired) electrons. The summed E-state index contributed by atoms with van der Waals surface area (Å²) >= 11 is 0. The van der Waals surface area contributed by atoms with Crippen molar-refractivity contribution in [3.63, 3.8) is 0 Å². The van der Waals surface area contributed by atoms with Crippen molar-refractivity contribution in [2.75, 3.05) is 0 Å². The molecule has 0 aliphatic rings. The first-order valence-electron chi connectivity index (χ1n) is 4.98. The average Bonchev–Trinajstić information content (AvgIpc) is 2.74. The molecule has 0 saturated carbocycles. The van der Waals surface area contributed by atoms with Crippen molar-refractivity contribution in [1.82, 2.24) is 10.3 Å². The van der Waals surface area contributed by atoms with Gasteiger partial charge in [0.2, 0.25) is 0 Å². The van der Waals surface area contributed by atoms with Gasteiger partial charge in [-0.05, 0) is 24.6 Å². The number of furan rings is 1. The summed E-state index contributed by atoms with van der Waals surface area (Å²) in [7, 11) is 0. The number of rotatable bonds is 4. The molecule has 2 rings (SSSR count). The molecule has 0 aliphatic heterocycles. The fraction of sp³-hybridized carbons (Fsp3) is 0.250. The van der Waals surface area contributed by atoms with Crippen LogP contribution in [0.25, 0.3) is 0 Å². The zero-order valence-corrected chi connectivity index (χ0v) is 8.73. The van der Waals surface area contributed by atoms with Crippen LogP contribution in [0.2, 0.25) is 0 Å². The van der Waals surface area contributed by atoms with E-state index in [1.165, 1.54) is 5.56 Å². The second-order valence-electron chi connectivity index (χ2n) is 3.56. The van der Waals surface area contributed by atoms with Gasteiger partial charge in [-0.15, -0.1) is 0 Å². The third-order valence-electron chi connectivity index (χ3n) is 2.19. The monoisotopic (exact) mass is 202 g/mol. The second-order valence-corrected chi connectivity index (χ2v) is 3.56. The number of hydrogen-bond donors (Lipinski definition) is 1. The fourth-order valence-electron chi connectivity index (χ4n) is 1.33. The summed E-state index contributed by atoms with van der Waals surface area (Å²) in [6.07, 6.45) is 5.31. The first kappa shape index (κ1) is 9.93. The lowest BCUT2D eigenvalue weighted by atomic mass is 10.2. The van der Waals surface area contributed by atoms with Gasteiger partial charge in [-0.1, -0.05) is 6.07 Å². The summed E-state index contributed by atoms with van der Waals surface area (Å²) in [6.45, 7) is 3.63. The topological polar surface area (TPSA) is 38.1 Å². The van der Waals surface area contributed by atoms with Gasteiger partial charge in [0.15, 0.2) is 0 Å². The zero-order valence-electron chi connectivity index (χ0n) is 8.73. The zero-order chi connectivity index (χ0) is 10.5. The SMILES string of the molecule is Cc1ccc(CNCc2ccoc2)nc1. The molecule has 0 saturated heterocycles. The first-order chi connectivity index (χ1) is 7.34. The van der Waals surface area contributed by atoms with Crippen LogP contribution in [0.3, 0.4) is 0 Å². The summed E-state index contributed by atoms with van der Waals surface area (Å²) in [4.78, 5) is 4.31. The van der Waals surface area contributed by atoms with Gasteiger partial charge in [0.25, 0.3) is 0 Å². The highest BCUT2D eigenvalue weighted by Gasteiger charge is 1.95. The van der Waals surface area contributed by atoms with E-state index >= 15 is 0 Å². The van der Waals surface area contributed by atoms with Gasteiger partial charge in [-0.2, -0.15) is 0 Å². The highest BCUT2D eigenvalue weighted by molar-refractivity contribution is 5.12. The molecule has 0 bridgehead atoms.